The predicted octanol–water partition coefficient (Wildman–Crippen LogP) is 7.40. The molecule has 1 aliphatic carbocycles. The summed E-state index contributed by atoms with van der Waals surface area (Å²) in [6.07, 6.45) is 1.22. The van der Waals surface area contributed by atoms with E-state index in [9.17, 15) is 37.1 Å². The van der Waals surface area contributed by atoms with Crippen LogP contribution in [0.5, 0.6) is 0 Å². The summed E-state index contributed by atoms with van der Waals surface area (Å²) < 4.78 is 59.0. The molecule has 0 aliphatic heterocycles. The summed E-state index contributed by atoms with van der Waals surface area (Å²) in [5, 5.41) is 0. The Kier molecular flexibility index (Phi) is 8.67. The molecule has 0 saturated heterocycles. The number of halogens is 3. The number of rotatable bonds is 11. The smallest absolute Gasteiger partial charge is 0.399 e. The van der Waals surface area contributed by atoms with E-state index in [0.29, 0.717) is 17.5 Å². The van der Waals surface area contributed by atoms with Gasteiger partial charge in [-0.05, 0) is 84.2 Å². The molecule has 1 fully saturated rings. The average Bonchev–Trinajstić information content (AvgIpc) is 3.79. The van der Waals surface area contributed by atoms with E-state index >= 15 is 0 Å². The minimum Gasteiger partial charge on any atom is -0.465 e. The SMILES string of the molecule is COC(=O)c1ccc(C(Cc2ccc(C(F)(F)P(=O)(O)O)cc2)(CC2CC2c2ccccc2)C(=O)c2ccc(F)cc2)cc1. The first kappa shape index (κ1) is 31.4. The molecule has 10 heteroatoms. The van der Waals surface area contributed by atoms with E-state index in [1.54, 1.807) is 24.3 Å². The van der Waals surface area contributed by atoms with Gasteiger partial charge in [-0.15, -0.1) is 0 Å². The molecule has 0 radical (unpaired) electrons. The molecule has 0 aromatic heterocycles. The molecule has 6 nitrogen and oxygen atoms in total. The molecule has 0 bridgehead atoms. The number of hydrogen-bond donors (Lipinski definition) is 2. The minimum absolute atomic E-state index is 0.0422. The predicted molar refractivity (Wildman–Crippen MR) is 158 cm³/mol. The molecule has 1 saturated carbocycles. The Labute approximate surface area is 252 Å². The molecular weight excluding hydrogens is 592 g/mol. The molecule has 1 aliphatic rings. The number of carbonyl (C=O) groups excluding carboxylic acids is 2. The lowest BCUT2D eigenvalue weighted by Crippen LogP contribution is -2.39. The zero-order valence-electron chi connectivity index (χ0n) is 23.7. The van der Waals surface area contributed by atoms with E-state index in [1.165, 1.54) is 43.5 Å². The number of ketones is 1. The van der Waals surface area contributed by atoms with Crippen molar-refractivity contribution in [2.75, 3.05) is 7.11 Å². The second-order valence-electron chi connectivity index (χ2n) is 11.2. The molecule has 3 atom stereocenters. The number of Topliss-reactive ketones (excluding diaryl/α,β-unsaturated/α-hetero) is 1. The Hall–Kier alpha value is -4.04. The van der Waals surface area contributed by atoms with E-state index in [1.807, 2.05) is 30.3 Å². The van der Waals surface area contributed by atoms with E-state index in [2.05, 4.69) is 0 Å². The van der Waals surface area contributed by atoms with Gasteiger partial charge in [0.15, 0.2) is 5.78 Å². The van der Waals surface area contributed by atoms with Crippen LogP contribution >= 0.6 is 7.60 Å². The molecule has 0 amide bonds. The molecule has 5 rings (SSSR count). The van der Waals surface area contributed by atoms with Crippen LogP contribution in [0.3, 0.4) is 0 Å². The number of benzene rings is 4. The highest BCUT2D eigenvalue weighted by Crippen LogP contribution is 2.59. The van der Waals surface area contributed by atoms with Gasteiger partial charge in [0.1, 0.15) is 5.82 Å². The van der Waals surface area contributed by atoms with Crippen molar-refractivity contribution in [1.29, 1.82) is 0 Å². The Morgan fingerprint density at radius 2 is 1.41 bits per heavy atom. The van der Waals surface area contributed by atoms with Crippen LogP contribution in [0.1, 0.15) is 61.7 Å². The van der Waals surface area contributed by atoms with Gasteiger partial charge in [0.2, 0.25) is 0 Å². The average molecular weight is 623 g/mol. The molecule has 2 N–H and O–H groups in total. The molecule has 4 aromatic carbocycles. The van der Waals surface area contributed by atoms with E-state index in [4.69, 9.17) is 4.74 Å². The second-order valence-corrected chi connectivity index (χ2v) is 12.8. The number of esters is 1. The fourth-order valence-electron chi connectivity index (χ4n) is 5.89. The first-order valence-corrected chi connectivity index (χ1v) is 15.5. The van der Waals surface area contributed by atoms with E-state index < -0.39 is 36.0 Å². The van der Waals surface area contributed by atoms with Gasteiger partial charge in [0.25, 0.3) is 0 Å². The maximum Gasteiger partial charge on any atom is 0.399 e. The van der Waals surface area contributed by atoms with Crippen LogP contribution in [-0.4, -0.2) is 28.6 Å². The Morgan fingerprint density at radius 1 is 0.841 bits per heavy atom. The van der Waals surface area contributed by atoms with Crippen LogP contribution in [0.25, 0.3) is 0 Å². The number of ether oxygens (including phenoxy) is 1. The molecular formula is C34H30F3O6P. The minimum atomic E-state index is -5.77. The third-order valence-electron chi connectivity index (χ3n) is 8.33. The van der Waals surface area contributed by atoms with Crippen LogP contribution in [0.15, 0.2) is 103 Å². The third kappa shape index (κ3) is 6.27. The molecule has 228 valence electrons. The van der Waals surface area contributed by atoms with Crippen molar-refractivity contribution < 1.29 is 41.8 Å². The number of alkyl halides is 2. The largest absolute Gasteiger partial charge is 0.465 e. The lowest BCUT2D eigenvalue weighted by molar-refractivity contribution is 0.0564. The van der Waals surface area contributed by atoms with Gasteiger partial charge in [-0.2, -0.15) is 8.78 Å². The van der Waals surface area contributed by atoms with Gasteiger partial charge in [-0.3, -0.25) is 9.36 Å². The molecule has 44 heavy (non-hydrogen) atoms. The van der Waals surface area contributed by atoms with Gasteiger partial charge < -0.3 is 14.5 Å². The van der Waals surface area contributed by atoms with Crippen LogP contribution in [0.4, 0.5) is 13.2 Å². The highest BCUT2D eigenvalue weighted by molar-refractivity contribution is 7.52. The topological polar surface area (TPSA) is 101 Å². The maximum absolute atomic E-state index is 14.6. The summed E-state index contributed by atoms with van der Waals surface area (Å²) in [4.78, 5) is 45.1. The Balaban J connectivity index is 1.61. The van der Waals surface area contributed by atoms with Gasteiger partial charge in [-0.25, -0.2) is 9.18 Å². The lowest BCUT2D eigenvalue weighted by atomic mass is 9.67. The summed E-state index contributed by atoms with van der Waals surface area (Å²) in [6.45, 7) is 0. The van der Waals surface area contributed by atoms with Crippen molar-refractivity contribution in [3.63, 3.8) is 0 Å². The van der Waals surface area contributed by atoms with Crippen molar-refractivity contribution in [3.05, 3.63) is 142 Å². The van der Waals surface area contributed by atoms with Crippen LogP contribution < -0.4 is 0 Å². The third-order valence-corrected chi connectivity index (χ3v) is 9.32. The zero-order valence-corrected chi connectivity index (χ0v) is 24.6. The summed E-state index contributed by atoms with van der Waals surface area (Å²) in [7, 11) is -4.51. The van der Waals surface area contributed by atoms with Gasteiger partial charge in [0.05, 0.1) is 18.1 Å². The monoisotopic (exact) mass is 622 g/mol. The fraction of sp³-hybridized carbons (Fsp3) is 0.235. The van der Waals surface area contributed by atoms with Gasteiger partial charge in [-0.1, -0.05) is 66.7 Å². The lowest BCUT2D eigenvalue weighted by Gasteiger charge is -2.34. The van der Waals surface area contributed by atoms with Gasteiger partial charge >= 0.3 is 19.2 Å². The van der Waals surface area contributed by atoms with Crippen molar-refractivity contribution in [3.8, 4) is 0 Å². The van der Waals surface area contributed by atoms with Crippen LogP contribution in [0, 0.1) is 11.7 Å². The molecule has 3 unspecified atom stereocenters. The Bertz CT molecular complexity index is 1690. The molecule has 0 spiro atoms. The summed E-state index contributed by atoms with van der Waals surface area (Å²) >= 11 is 0. The van der Waals surface area contributed by atoms with Crippen LogP contribution in [0.2, 0.25) is 0 Å². The van der Waals surface area contributed by atoms with Crippen molar-refractivity contribution in [2.45, 2.75) is 36.3 Å². The van der Waals surface area contributed by atoms with Crippen molar-refractivity contribution in [1.82, 2.24) is 0 Å². The fourth-order valence-corrected chi connectivity index (χ4v) is 6.37. The first-order chi connectivity index (χ1) is 20.9. The summed E-state index contributed by atoms with van der Waals surface area (Å²) in [5.41, 5.74) is -3.80. The number of carbonyl (C=O) groups is 2. The zero-order chi connectivity index (χ0) is 31.7. The Morgan fingerprint density at radius 3 is 1.98 bits per heavy atom. The quantitative estimate of drug-likeness (QED) is 0.103. The molecule has 4 aromatic rings. The maximum atomic E-state index is 14.6. The van der Waals surface area contributed by atoms with E-state index in [0.717, 1.165) is 24.1 Å². The van der Waals surface area contributed by atoms with Crippen molar-refractivity contribution in [2.24, 2.45) is 5.92 Å². The molecule has 0 heterocycles. The summed E-state index contributed by atoms with van der Waals surface area (Å²) in [5.74, 6) is -1.11. The standard InChI is InChI=1S/C34H30F3O6P/c1-43-32(39)25-9-15-27(16-10-25)33(31(38)24-11-17-29(35)18-12-24,21-26-19-30(26)23-5-3-2-4-6-23)20-22-7-13-28(14-8-22)34(36,37)44(40,41)42/h2-18,26,30H,19-21H2,1H3,(H2,40,41,42). The van der Waals surface area contributed by atoms with E-state index in [-0.39, 0.29) is 35.2 Å². The highest BCUT2D eigenvalue weighted by Gasteiger charge is 2.51. The second kappa shape index (κ2) is 12.2. The summed E-state index contributed by atoms with van der Waals surface area (Å²) in [6, 6.07) is 26.1. The number of hydrogen-bond acceptors (Lipinski definition) is 4. The normalized spacial score (nSPS) is 17.9. The van der Waals surface area contributed by atoms with Crippen LogP contribution in [-0.2, 0) is 26.8 Å². The first-order valence-electron chi connectivity index (χ1n) is 13.9. The van der Waals surface area contributed by atoms with Gasteiger partial charge in [0, 0.05) is 11.1 Å². The number of methoxy groups -OCH3 is 1. The van der Waals surface area contributed by atoms with Crippen molar-refractivity contribution >= 4 is 19.3 Å². The highest BCUT2D eigenvalue weighted by atomic mass is 31.2.